The van der Waals surface area contributed by atoms with E-state index in [2.05, 4.69) is 4.98 Å². The predicted octanol–water partition coefficient (Wildman–Crippen LogP) is 1.52. The minimum atomic E-state index is -0.992. The molecule has 0 bridgehead atoms. The summed E-state index contributed by atoms with van der Waals surface area (Å²) in [7, 11) is 0. The van der Waals surface area contributed by atoms with Crippen LogP contribution in [-0.2, 0) is 9.47 Å². The Balaban J connectivity index is 0.000000131. The minimum absolute atomic E-state index is 0.183. The van der Waals surface area contributed by atoms with Crippen molar-refractivity contribution in [3.63, 3.8) is 0 Å². The van der Waals surface area contributed by atoms with Crippen molar-refractivity contribution >= 4 is 6.09 Å². The Morgan fingerprint density at radius 1 is 1.19 bits per heavy atom. The molecule has 8 nitrogen and oxygen atoms in total. The van der Waals surface area contributed by atoms with Gasteiger partial charge in [-0.2, -0.15) is 0 Å². The molecule has 0 fully saturated rings. The number of hydrogen-bond acceptors (Lipinski definition) is 6. The molecule has 0 unspecified atom stereocenters. The van der Waals surface area contributed by atoms with Gasteiger partial charge in [0.1, 0.15) is 0 Å². The van der Waals surface area contributed by atoms with E-state index in [1.165, 1.54) is 6.20 Å². The average Bonchev–Trinajstić information content (AvgIpc) is 3.15. The molecule has 0 radical (unpaired) electrons. The summed E-state index contributed by atoms with van der Waals surface area (Å²) in [6.07, 6.45) is 5.36. The zero-order valence-corrected chi connectivity index (χ0v) is 10.9. The maximum atomic E-state index is 10.5. The van der Waals surface area contributed by atoms with Crippen molar-refractivity contribution in [3.05, 3.63) is 42.3 Å². The number of carboxylic acid groups (broad SMARTS) is 1. The first-order valence-corrected chi connectivity index (χ1v) is 6.10. The molecule has 0 saturated heterocycles. The smallest absolute Gasteiger partial charge is 0.411 e. The topological polar surface area (TPSA) is 90.4 Å². The van der Waals surface area contributed by atoms with Crippen LogP contribution in [0.1, 0.15) is 0 Å². The molecule has 4 rings (SSSR count). The first kappa shape index (κ1) is 13.1. The van der Waals surface area contributed by atoms with Crippen molar-refractivity contribution < 1.29 is 28.8 Å². The van der Waals surface area contributed by atoms with E-state index in [1.54, 1.807) is 24.5 Å². The fraction of sp³-hybridized carbons (Fsp3) is 0.231. The summed E-state index contributed by atoms with van der Waals surface area (Å²) < 4.78 is 20.1. The monoisotopic (exact) mass is 292 g/mol. The zero-order chi connectivity index (χ0) is 14.7. The van der Waals surface area contributed by atoms with Gasteiger partial charge in [0.2, 0.25) is 13.6 Å². The van der Waals surface area contributed by atoms with Crippen LogP contribution < -0.4 is 9.47 Å². The quantitative estimate of drug-likeness (QED) is 0.775. The molecule has 0 aromatic carbocycles. The first-order chi connectivity index (χ1) is 10.2. The van der Waals surface area contributed by atoms with Gasteiger partial charge in [0.15, 0.2) is 23.0 Å². The molecule has 8 heteroatoms. The molecule has 4 heterocycles. The van der Waals surface area contributed by atoms with Gasteiger partial charge in [0.05, 0.1) is 12.7 Å². The zero-order valence-electron chi connectivity index (χ0n) is 10.9. The second-order valence-electron chi connectivity index (χ2n) is 4.15. The first-order valence-electron chi connectivity index (χ1n) is 6.10. The lowest BCUT2D eigenvalue weighted by Crippen LogP contribution is -2.28. The van der Waals surface area contributed by atoms with Gasteiger partial charge in [0, 0.05) is 24.5 Å². The Hall–Kier alpha value is -2.90. The molecule has 0 saturated carbocycles. The average molecular weight is 292 g/mol. The third-order valence-corrected chi connectivity index (χ3v) is 2.86. The number of ether oxygens (including phenoxy) is 4. The summed E-state index contributed by atoms with van der Waals surface area (Å²) in [6, 6.07) is 1.78. The van der Waals surface area contributed by atoms with Gasteiger partial charge in [0.25, 0.3) is 0 Å². The van der Waals surface area contributed by atoms with Crippen molar-refractivity contribution in [1.82, 2.24) is 9.88 Å². The lowest BCUT2D eigenvalue weighted by molar-refractivity contribution is 0.0709. The molecular formula is C13H12N2O6. The summed E-state index contributed by atoms with van der Waals surface area (Å²) in [5.41, 5.74) is 0. The van der Waals surface area contributed by atoms with Gasteiger partial charge in [-0.05, 0) is 0 Å². The SMILES string of the molecule is O=C(O)N1C=CC2=C(C1)OCO2.c1cc2c(cn1)OCO2. The number of pyridine rings is 1. The van der Waals surface area contributed by atoms with Crippen LogP contribution in [0.15, 0.2) is 42.3 Å². The third kappa shape index (κ3) is 2.83. The molecule has 3 aliphatic heterocycles. The van der Waals surface area contributed by atoms with Crippen molar-refractivity contribution in [2.24, 2.45) is 0 Å². The molecule has 3 aliphatic rings. The summed E-state index contributed by atoms with van der Waals surface area (Å²) in [6.45, 7) is 0.741. The summed E-state index contributed by atoms with van der Waals surface area (Å²) in [5, 5.41) is 8.61. The van der Waals surface area contributed by atoms with Crippen LogP contribution >= 0.6 is 0 Å². The standard InChI is InChI=1S/C7H7NO4.C6H5NO2/c9-7(10)8-2-1-5-6(3-8)12-4-11-5;1-2-7-3-6-5(1)8-4-9-6/h1-2H,3-4H2,(H,9,10);1-3H,4H2. The number of aromatic nitrogens is 1. The highest BCUT2D eigenvalue weighted by Crippen LogP contribution is 2.29. The molecule has 1 aromatic heterocycles. The fourth-order valence-corrected chi connectivity index (χ4v) is 1.83. The fourth-order valence-electron chi connectivity index (χ4n) is 1.83. The van der Waals surface area contributed by atoms with E-state index >= 15 is 0 Å². The Kier molecular flexibility index (Phi) is 3.50. The van der Waals surface area contributed by atoms with Gasteiger partial charge in [-0.15, -0.1) is 0 Å². The van der Waals surface area contributed by atoms with Crippen LogP contribution in [-0.4, -0.2) is 41.2 Å². The van der Waals surface area contributed by atoms with Gasteiger partial charge < -0.3 is 24.1 Å². The van der Waals surface area contributed by atoms with Crippen LogP contribution in [0, 0.1) is 0 Å². The van der Waals surface area contributed by atoms with Crippen molar-refractivity contribution in [2.45, 2.75) is 0 Å². The molecule has 21 heavy (non-hydrogen) atoms. The summed E-state index contributed by atoms with van der Waals surface area (Å²) in [4.78, 5) is 15.5. The van der Waals surface area contributed by atoms with Gasteiger partial charge in [-0.25, -0.2) is 4.79 Å². The molecule has 1 amide bonds. The van der Waals surface area contributed by atoms with Crippen molar-refractivity contribution in [1.29, 1.82) is 0 Å². The summed E-state index contributed by atoms with van der Waals surface area (Å²) >= 11 is 0. The van der Waals surface area contributed by atoms with E-state index in [0.717, 1.165) is 16.4 Å². The number of hydrogen-bond donors (Lipinski definition) is 1. The van der Waals surface area contributed by atoms with Crippen molar-refractivity contribution in [3.8, 4) is 11.5 Å². The highest BCUT2D eigenvalue weighted by Gasteiger charge is 2.24. The van der Waals surface area contributed by atoms with Crippen LogP contribution in [0.2, 0.25) is 0 Å². The lowest BCUT2D eigenvalue weighted by atomic mass is 10.3. The molecule has 110 valence electrons. The maximum absolute atomic E-state index is 10.5. The normalized spacial score (nSPS) is 17.4. The molecule has 1 aromatic rings. The third-order valence-electron chi connectivity index (χ3n) is 2.86. The number of amides is 1. The second-order valence-corrected chi connectivity index (χ2v) is 4.15. The van der Waals surface area contributed by atoms with Crippen LogP contribution in [0.3, 0.4) is 0 Å². The van der Waals surface area contributed by atoms with E-state index in [4.69, 9.17) is 24.1 Å². The van der Waals surface area contributed by atoms with E-state index in [1.807, 2.05) is 0 Å². The van der Waals surface area contributed by atoms with Crippen LogP contribution in [0.25, 0.3) is 0 Å². The van der Waals surface area contributed by atoms with Crippen molar-refractivity contribution in [2.75, 3.05) is 20.1 Å². The number of fused-ring (bicyclic) bond motifs is 1. The van der Waals surface area contributed by atoms with E-state index in [0.29, 0.717) is 18.3 Å². The lowest BCUT2D eigenvalue weighted by Gasteiger charge is -2.16. The minimum Gasteiger partial charge on any atom is -0.465 e. The Morgan fingerprint density at radius 2 is 2.00 bits per heavy atom. The molecule has 1 N–H and O–H groups in total. The van der Waals surface area contributed by atoms with E-state index in [9.17, 15) is 4.79 Å². The van der Waals surface area contributed by atoms with E-state index in [-0.39, 0.29) is 13.3 Å². The second kappa shape index (κ2) is 5.61. The van der Waals surface area contributed by atoms with Crippen LogP contribution in [0.5, 0.6) is 11.5 Å². The van der Waals surface area contributed by atoms with E-state index < -0.39 is 6.09 Å². The van der Waals surface area contributed by atoms with Gasteiger partial charge in [-0.1, -0.05) is 0 Å². The highest BCUT2D eigenvalue weighted by molar-refractivity contribution is 5.67. The number of rotatable bonds is 0. The summed E-state index contributed by atoms with van der Waals surface area (Å²) in [5.74, 6) is 2.73. The largest absolute Gasteiger partial charge is 0.465 e. The number of carbonyl (C=O) groups is 1. The maximum Gasteiger partial charge on any atom is 0.411 e. The van der Waals surface area contributed by atoms with Crippen LogP contribution in [0.4, 0.5) is 4.79 Å². The Labute approximate surface area is 119 Å². The highest BCUT2D eigenvalue weighted by atomic mass is 16.7. The van der Waals surface area contributed by atoms with Gasteiger partial charge in [-0.3, -0.25) is 9.88 Å². The molecular weight excluding hydrogens is 280 g/mol. The Bertz CT molecular complexity index is 589. The Morgan fingerprint density at radius 3 is 2.81 bits per heavy atom. The number of nitrogens with zero attached hydrogens (tertiary/aromatic N) is 2. The number of allylic oxidation sites excluding steroid dienone is 1. The molecule has 0 aliphatic carbocycles. The molecule has 0 atom stereocenters. The predicted molar refractivity (Wildman–Crippen MR) is 68.3 cm³/mol. The molecule has 0 spiro atoms. The van der Waals surface area contributed by atoms with Gasteiger partial charge >= 0.3 is 6.09 Å².